The molecule has 0 saturated heterocycles. The molecule has 0 bridgehead atoms. The summed E-state index contributed by atoms with van der Waals surface area (Å²) in [5.74, 6) is -1.59. The third-order valence-electron chi connectivity index (χ3n) is 4.47. The first-order valence-corrected chi connectivity index (χ1v) is 10.4. The van der Waals surface area contributed by atoms with Gasteiger partial charge in [0, 0.05) is 24.4 Å². The van der Waals surface area contributed by atoms with Gasteiger partial charge in [-0.15, -0.1) is 10.2 Å². The molecule has 0 aliphatic carbocycles. The number of aromatic nitrogens is 3. The molecule has 1 heterocycles. The zero-order valence-corrected chi connectivity index (χ0v) is 18.7. The highest BCUT2D eigenvalue weighted by molar-refractivity contribution is 7.99. The molecule has 0 aliphatic heterocycles. The number of nitro groups is 1. The van der Waals surface area contributed by atoms with Gasteiger partial charge in [0.1, 0.15) is 6.33 Å². The van der Waals surface area contributed by atoms with Crippen molar-refractivity contribution in [2.75, 3.05) is 5.32 Å². The molecule has 1 N–H and O–H groups in total. The molecule has 0 aliphatic rings. The molecule has 0 fully saturated rings. The van der Waals surface area contributed by atoms with Gasteiger partial charge in [0.25, 0.3) is 11.6 Å². The number of Topliss-reactive ketones (excluding diaryl/α,β-unsaturated/α-hetero) is 1. The predicted molar refractivity (Wildman–Crippen MR) is 118 cm³/mol. The molecule has 2 aromatic carbocycles. The fourth-order valence-electron chi connectivity index (χ4n) is 2.65. The van der Waals surface area contributed by atoms with Gasteiger partial charge in [-0.2, -0.15) is 0 Å². The number of anilines is 1. The minimum atomic E-state index is -1.17. The summed E-state index contributed by atoms with van der Waals surface area (Å²) in [6.07, 6.45) is 0.293. The van der Waals surface area contributed by atoms with Gasteiger partial charge >= 0.3 is 5.97 Å². The molecular weight excluding hydrogens is 450 g/mol. The topological polar surface area (TPSA) is 146 Å². The molecule has 0 saturated carbocycles. The molecule has 1 atom stereocenters. The molecule has 0 radical (unpaired) electrons. The van der Waals surface area contributed by atoms with Gasteiger partial charge < -0.3 is 14.6 Å². The summed E-state index contributed by atoms with van der Waals surface area (Å²) < 4.78 is 6.77. The Balaban J connectivity index is 1.68. The third kappa shape index (κ3) is 5.80. The summed E-state index contributed by atoms with van der Waals surface area (Å²) in [7, 11) is 1.70. The number of nitrogens with zero attached hydrogens (tertiary/aromatic N) is 4. The number of amides is 1. The van der Waals surface area contributed by atoms with E-state index in [4.69, 9.17) is 4.74 Å². The summed E-state index contributed by atoms with van der Waals surface area (Å²) in [5, 5.41) is 22.1. The van der Waals surface area contributed by atoms with Crippen LogP contribution in [-0.4, -0.2) is 43.5 Å². The maximum atomic E-state index is 12.5. The number of ether oxygens (including phenoxy) is 1. The second-order valence-electron chi connectivity index (χ2n) is 6.94. The number of esters is 1. The largest absolute Gasteiger partial charge is 0.449 e. The number of nitro benzene ring substituents is 1. The number of carbonyl (C=O) groups excluding carboxylic acids is 3. The first kappa shape index (κ1) is 23.6. The highest BCUT2D eigenvalue weighted by Crippen LogP contribution is 2.34. The Morgan fingerprint density at radius 3 is 2.39 bits per heavy atom. The highest BCUT2D eigenvalue weighted by atomic mass is 32.2. The third-order valence-corrected chi connectivity index (χ3v) is 5.59. The number of rotatable bonds is 8. The van der Waals surface area contributed by atoms with Crippen LogP contribution in [0.2, 0.25) is 0 Å². The first-order valence-electron chi connectivity index (χ1n) is 9.59. The second kappa shape index (κ2) is 10.0. The molecule has 1 amide bonds. The molecule has 33 heavy (non-hydrogen) atoms. The lowest BCUT2D eigenvalue weighted by atomic mass is 10.1. The van der Waals surface area contributed by atoms with Crippen LogP contribution >= 0.6 is 11.8 Å². The normalized spacial score (nSPS) is 11.5. The van der Waals surface area contributed by atoms with Crippen molar-refractivity contribution in [3.8, 4) is 0 Å². The van der Waals surface area contributed by atoms with Gasteiger partial charge in [-0.05, 0) is 62.0 Å². The number of nitrogens with one attached hydrogen (secondary N) is 1. The maximum absolute atomic E-state index is 12.5. The summed E-state index contributed by atoms with van der Waals surface area (Å²) in [6, 6.07) is 10.1. The Labute approximate surface area is 192 Å². The van der Waals surface area contributed by atoms with E-state index >= 15 is 0 Å². The van der Waals surface area contributed by atoms with Crippen LogP contribution in [0.5, 0.6) is 0 Å². The quantitative estimate of drug-likeness (QED) is 0.227. The van der Waals surface area contributed by atoms with Crippen LogP contribution in [0.25, 0.3) is 0 Å². The minimum absolute atomic E-state index is 0.0746. The molecular formula is C21H19N5O6S. The van der Waals surface area contributed by atoms with Gasteiger partial charge in [0.05, 0.1) is 15.4 Å². The lowest BCUT2D eigenvalue weighted by Crippen LogP contribution is -2.30. The van der Waals surface area contributed by atoms with Crippen LogP contribution < -0.4 is 5.32 Å². The number of ketones is 1. The van der Waals surface area contributed by atoms with Gasteiger partial charge in [0.2, 0.25) is 0 Å². The van der Waals surface area contributed by atoms with E-state index in [2.05, 4.69) is 15.5 Å². The zero-order chi connectivity index (χ0) is 24.1. The van der Waals surface area contributed by atoms with E-state index in [1.807, 2.05) is 0 Å². The molecule has 3 aromatic rings. The Bertz CT molecular complexity index is 1220. The highest BCUT2D eigenvalue weighted by Gasteiger charge is 2.23. The van der Waals surface area contributed by atoms with Crippen molar-refractivity contribution in [1.82, 2.24) is 14.8 Å². The van der Waals surface area contributed by atoms with E-state index < -0.39 is 22.9 Å². The number of hydrogen-bond donors (Lipinski definition) is 1. The average Bonchev–Trinajstić information content (AvgIpc) is 3.18. The summed E-state index contributed by atoms with van der Waals surface area (Å²) in [4.78, 5) is 47.4. The van der Waals surface area contributed by atoms with Crippen molar-refractivity contribution in [3.63, 3.8) is 0 Å². The van der Waals surface area contributed by atoms with E-state index in [0.717, 1.165) is 17.8 Å². The van der Waals surface area contributed by atoms with Crippen molar-refractivity contribution >= 4 is 40.8 Å². The van der Waals surface area contributed by atoms with Gasteiger partial charge in [0.15, 0.2) is 17.0 Å². The van der Waals surface area contributed by atoms with Crippen molar-refractivity contribution in [2.24, 2.45) is 7.05 Å². The molecule has 12 heteroatoms. The summed E-state index contributed by atoms with van der Waals surface area (Å²) in [6.45, 7) is 2.81. The van der Waals surface area contributed by atoms with Crippen LogP contribution in [-0.2, 0) is 16.6 Å². The number of hydrogen-bond acceptors (Lipinski definition) is 9. The minimum Gasteiger partial charge on any atom is -0.449 e. The Kier molecular flexibility index (Phi) is 7.18. The second-order valence-corrected chi connectivity index (χ2v) is 7.95. The Morgan fingerprint density at radius 1 is 1.15 bits per heavy atom. The lowest BCUT2D eigenvalue weighted by Gasteiger charge is -2.14. The molecule has 11 nitrogen and oxygen atoms in total. The zero-order valence-electron chi connectivity index (χ0n) is 17.8. The summed E-state index contributed by atoms with van der Waals surface area (Å²) in [5.41, 5.74) is 0.540. The Hall–Kier alpha value is -4.06. The van der Waals surface area contributed by atoms with Crippen LogP contribution in [0.3, 0.4) is 0 Å². The lowest BCUT2D eigenvalue weighted by molar-refractivity contribution is -0.387. The SMILES string of the molecule is CC(=O)c1ccc(NC(=O)C(C)OC(=O)c2ccc(Sc3nncn3C)c([N+](=O)[O-])c2)cc1. The molecule has 0 spiro atoms. The van der Waals surface area contributed by atoms with E-state index in [1.165, 1.54) is 32.3 Å². The van der Waals surface area contributed by atoms with E-state index in [9.17, 15) is 24.5 Å². The van der Waals surface area contributed by atoms with E-state index in [1.54, 1.807) is 35.9 Å². The van der Waals surface area contributed by atoms with Crippen LogP contribution in [0.4, 0.5) is 11.4 Å². The maximum Gasteiger partial charge on any atom is 0.339 e. The fourth-order valence-corrected chi connectivity index (χ4v) is 3.50. The van der Waals surface area contributed by atoms with Crippen molar-refractivity contribution in [2.45, 2.75) is 30.0 Å². The molecule has 1 unspecified atom stereocenters. The molecule has 1 aromatic heterocycles. The fraction of sp³-hybridized carbons (Fsp3) is 0.190. The number of aryl methyl sites for hydroxylation is 1. The van der Waals surface area contributed by atoms with Gasteiger partial charge in [-0.1, -0.05) is 0 Å². The summed E-state index contributed by atoms with van der Waals surface area (Å²) >= 11 is 1.03. The van der Waals surface area contributed by atoms with Crippen molar-refractivity contribution < 1.29 is 24.0 Å². The van der Waals surface area contributed by atoms with Crippen molar-refractivity contribution in [3.05, 3.63) is 70.0 Å². The van der Waals surface area contributed by atoms with E-state index in [0.29, 0.717) is 16.4 Å². The monoisotopic (exact) mass is 469 g/mol. The molecule has 170 valence electrons. The molecule has 3 rings (SSSR count). The van der Waals surface area contributed by atoms with E-state index in [-0.39, 0.29) is 21.9 Å². The first-order chi connectivity index (χ1) is 15.7. The van der Waals surface area contributed by atoms with Crippen LogP contribution in [0.15, 0.2) is 58.8 Å². The van der Waals surface area contributed by atoms with Crippen LogP contribution in [0, 0.1) is 10.1 Å². The van der Waals surface area contributed by atoms with Crippen molar-refractivity contribution in [1.29, 1.82) is 0 Å². The smallest absolute Gasteiger partial charge is 0.339 e. The van der Waals surface area contributed by atoms with Crippen LogP contribution in [0.1, 0.15) is 34.6 Å². The average molecular weight is 469 g/mol. The number of carbonyl (C=O) groups is 3. The predicted octanol–water partition coefficient (Wildman–Crippen LogP) is 3.26. The standard InChI is InChI=1S/C21H19N5O6S/c1-12(27)14-4-7-16(8-5-14)23-19(28)13(2)32-20(29)15-6-9-18(17(10-15)26(30)31)33-21-24-22-11-25(21)3/h4-11,13H,1-3H3,(H,23,28). The number of benzene rings is 2. The van der Waals surface area contributed by atoms with Gasteiger partial charge in [-0.3, -0.25) is 19.7 Å². The Morgan fingerprint density at radius 2 is 1.82 bits per heavy atom. The van der Waals surface area contributed by atoms with Gasteiger partial charge in [-0.25, -0.2) is 4.79 Å².